The summed E-state index contributed by atoms with van der Waals surface area (Å²) < 4.78 is 5.29. The normalized spacial score (nSPS) is 15.9. The Labute approximate surface area is 174 Å². The summed E-state index contributed by atoms with van der Waals surface area (Å²) in [5.41, 5.74) is 9.72. The third-order valence-electron chi connectivity index (χ3n) is 5.56. The highest BCUT2D eigenvalue weighted by Gasteiger charge is 2.35. The molecular formula is C23H24N4O3. The van der Waals surface area contributed by atoms with Crippen molar-refractivity contribution < 1.29 is 14.0 Å². The number of rotatable bonds is 5. The van der Waals surface area contributed by atoms with Gasteiger partial charge in [0.05, 0.1) is 6.20 Å². The van der Waals surface area contributed by atoms with Crippen molar-refractivity contribution in [1.82, 2.24) is 15.2 Å². The highest BCUT2D eigenvalue weighted by Crippen LogP contribution is 2.24. The number of benzene rings is 2. The molecule has 0 aliphatic carbocycles. The number of nitrogens with zero attached hydrogens (tertiary/aromatic N) is 2. The van der Waals surface area contributed by atoms with Crippen LogP contribution in [0.1, 0.15) is 34.3 Å². The molecule has 1 aromatic heterocycles. The molecule has 2 amide bonds. The van der Waals surface area contributed by atoms with Crippen LogP contribution in [0.3, 0.4) is 0 Å². The third kappa shape index (κ3) is 3.91. The molecule has 154 valence electrons. The number of nitrogen functional groups attached to an aromatic ring is 1. The maximum atomic E-state index is 13.0. The standard InChI is InChI=1S/C23H24N4O3/c1-15-18(4-2-5-19(15)24)23(29)27-11-3-6-20(27)22(28)26-12-16-7-9-17(10-8-16)21-13-25-14-30-21/h2,4-5,7-10,13-14,20H,3,6,11-12,24H2,1H3,(H,26,28)/t20-/m0/s1. The minimum atomic E-state index is -0.466. The molecule has 0 unspecified atom stereocenters. The Kier molecular flexibility index (Phi) is 5.52. The summed E-state index contributed by atoms with van der Waals surface area (Å²) in [6, 6.07) is 12.6. The molecule has 4 rings (SSSR count). The second kappa shape index (κ2) is 8.41. The van der Waals surface area contributed by atoms with Crippen molar-refractivity contribution in [2.45, 2.75) is 32.4 Å². The molecule has 2 aromatic carbocycles. The van der Waals surface area contributed by atoms with Crippen LogP contribution in [0.5, 0.6) is 0 Å². The Balaban J connectivity index is 1.40. The molecule has 0 saturated carbocycles. The fraction of sp³-hybridized carbons (Fsp3) is 0.261. The molecule has 1 atom stereocenters. The van der Waals surface area contributed by atoms with Gasteiger partial charge in [-0.05, 0) is 43.0 Å². The van der Waals surface area contributed by atoms with Crippen molar-refractivity contribution >= 4 is 17.5 Å². The van der Waals surface area contributed by atoms with Gasteiger partial charge in [0.15, 0.2) is 12.2 Å². The maximum Gasteiger partial charge on any atom is 0.254 e. The molecule has 2 heterocycles. The Hall–Kier alpha value is -3.61. The first-order valence-electron chi connectivity index (χ1n) is 9.96. The molecule has 30 heavy (non-hydrogen) atoms. The van der Waals surface area contributed by atoms with E-state index in [1.165, 1.54) is 6.39 Å². The van der Waals surface area contributed by atoms with Gasteiger partial charge in [-0.25, -0.2) is 4.98 Å². The van der Waals surface area contributed by atoms with Crippen LogP contribution in [0.4, 0.5) is 5.69 Å². The number of hydrogen-bond acceptors (Lipinski definition) is 5. The van der Waals surface area contributed by atoms with E-state index in [0.717, 1.165) is 23.1 Å². The minimum Gasteiger partial charge on any atom is -0.444 e. The van der Waals surface area contributed by atoms with Crippen molar-refractivity contribution in [3.8, 4) is 11.3 Å². The van der Waals surface area contributed by atoms with Crippen molar-refractivity contribution in [3.63, 3.8) is 0 Å². The number of oxazole rings is 1. The molecule has 1 aliphatic rings. The lowest BCUT2D eigenvalue weighted by Gasteiger charge is -2.25. The van der Waals surface area contributed by atoms with E-state index in [1.807, 2.05) is 31.2 Å². The highest BCUT2D eigenvalue weighted by atomic mass is 16.3. The number of anilines is 1. The molecule has 1 fully saturated rings. The molecule has 7 nitrogen and oxygen atoms in total. The molecule has 0 radical (unpaired) electrons. The number of likely N-dealkylation sites (tertiary alicyclic amines) is 1. The molecule has 7 heteroatoms. The van der Waals surface area contributed by atoms with E-state index in [-0.39, 0.29) is 11.8 Å². The van der Waals surface area contributed by atoms with Crippen molar-refractivity contribution in [3.05, 3.63) is 71.7 Å². The van der Waals surface area contributed by atoms with E-state index in [4.69, 9.17) is 10.2 Å². The Morgan fingerprint density at radius 2 is 2.03 bits per heavy atom. The molecular weight excluding hydrogens is 380 g/mol. The van der Waals surface area contributed by atoms with Gasteiger partial charge >= 0.3 is 0 Å². The predicted octanol–water partition coefficient (Wildman–Crippen LogP) is 3.15. The van der Waals surface area contributed by atoms with E-state index in [1.54, 1.807) is 29.3 Å². The Morgan fingerprint density at radius 3 is 2.77 bits per heavy atom. The summed E-state index contributed by atoms with van der Waals surface area (Å²) in [5.74, 6) is 0.415. The van der Waals surface area contributed by atoms with Gasteiger partial charge in [0.2, 0.25) is 5.91 Å². The highest BCUT2D eigenvalue weighted by molar-refractivity contribution is 6.00. The first-order valence-corrected chi connectivity index (χ1v) is 9.96. The number of hydrogen-bond donors (Lipinski definition) is 2. The monoisotopic (exact) mass is 404 g/mol. The van der Waals surface area contributed by atoms with Crippen LogP contribution in [0.15, 0.2) is 59.5 Å². The zero-order valence-electron chi connectivity index (χ0n) is 16.8. The van der Waals surface area contributed by atoms with Gasteiger partial charge in [0.25, 0.3) is 5.91 Å². The molecule has 0 spiro atoms. The van der Waals surface area contributed by atoms with Crippen LogP contribution in [0.2, 0.25) is 0 Å². The van der Waals surface area contributed by atoms with Crippen LogP contribution in [0.25, 0.3) is 11.3 Å². The van der Waals surface area contributed by atoms with Crippen LogP contribution in [0, 0.1) is 6.92 Å². The number of nitrogens with one attached hydrogen (secondary N) is 1. The summed E-state index contributed by atoms with van der Waals surface area (Å²) in [5, 5.41) is 2.96. The topological polar surface area (TPSA) is 101 Å². The zero-order chi connectivity index (χ0) is 21.1. The first-order chi connectivity index (χ1) is 14.5. The number of nitrogens with two attached hydrogens (primary N) is 1. The fourth-order valence-electron chi connectivity index (χ4n) is 3.77. The van der Waals surface area contributed by atoms with Gasteiger partial charge in [0.1, 0.15) is 6.04 Å². The summed E-state index contributed by atoms with van der Waals surface area (Å²) in [7, 11) is 0. The van der Waals surface area contributed by atoms with Gasteiger partial charge in [-0.1, -0.05) is 30.3 Å². The van der Waals surface area contributed by atoms with Gasteiger partial charge in [-0.3, -0.25) is 9.59 Å². The van der Waals surface area contributed by atoms with Crippen LogP contribution in [-0.4, -0.2) is 34.3 Å². The molecule has 1 aliphatic heterocycles. The number of amides is 2. The van der Waals surface area contributed by atoms with Crippen LogP contribution >= 0.6 is 0 Å². The number of carbonyl (C=O) groups excluding carboxylic acids is 2. The second-order valence-electron chi connectivity index (χ2n) is 7.46. The quantitative estimate of drug-likeness (QED) is 0.636. The lowest BCUT2D eigenvalue weighted by molar-refractivity contribution is -0.125. The molecule has 0 bridgehead atoms. The van der Waals surface area contributed by atoms with Gasteiger partial charge in [-0.15, -0.1) is 0 Å². The zero-order valence-corrected chi connectivity index (χ0v) is 16.8. The van der Waals surface area contributed by atoms with Gasteiger partial charge in [-0.2, -0.15) is 0 Å². The number of carbonyl (C=O) groups is 2. The fourth-order valence-corrected chi connectivity index (χ4v) is 3.77. The van der Waals surface area contributed by atoms with E-state index in [9.17, 15) is 9.59 Å². The molecule has 3 N–H and O–H groups in total. The van der Waals surface area contributed by atoms with Crippen LogP contribution < -0.4 is 11.1 Å². The van der Waals surface area contributed by atoms with Gasteiger partial charge in [0, 0.05) is 29.9 Å². The summed E-state index contributed by atoms with van der Waals surface area (Å²) in [6.07, 6.45) is 4.51. The third-order valence-corrected chi connectivity index (χ3v) is 5.56. The van der Waals surface area contributed by atoms with E-state index >= 15 is 0 Å². The minimum absolute atomic E-state index is 0.137. The van der Waals surface area contributed by atoms with Crippen molar-refractivity contribution in [2.75, 3.05) is 12.3 Å². The largest absolute Gasteiger partial charge is 0.444 e. The lowest BCUT2D eigenvalue weighted by atomic mass is 10.1. The molecule has 1 saturated heterocycles. The maximum absolute atomic E-state index is 13.0. The number of aromatic nitrogens is 1. The van der Waals surface area contributed by atoms with E-state index < -0.39 is 6.04 Å². The summed E-state index contributed by atoms with van der Waals surface area (Å²) >= 11 is 0. The van der Waals surface area contributed by atoms with Crippen molar-refractivity contribution in [1.29, 1.82) is 0 Å². The summed E-state index contributed by atoms with van der Waals surface area (Å²) in [4.78, 5) is 31.4. The van der Waals surface area contributed by atoms with Crippen molar-refractivity contribution in [2.24, 2.45) is 0 Å². The van der Waals surface area contributed by atoms with E-state index in [0.29, 0.717) is 36.5 Å². The van der Waals surface area contributed by atoms with Crippen LogP contribution in [-0.2, 0) is 11.3 Å². The molecule has 3 aromatic rings. The average Bonchev–Trinajstić information content (AvgIpc) is 3.46. The Bertz CT molecular complexity index is 1040. The SMILES string of the molecule is Cc1c(N)cccc1C(=O)N1CCC[C@H]1C(=O)NCc1ccc(-c2cnco2)cc1. The lowest BCUT2D eigenvalue weighted by Crippen LogP contribution is -2.45. The average molecular weight is 404 g/mol. The van der Waals surface area contributed by atoms with E-state index in [2.05, 4.69) is 10.3 Å². The smallest absolute Gasteiger partial charge is 0.254 e. The summed E-state index contributed by atoms with van der Waals surface area (Å²) in [6.45, 7) is 2.79. The Morgan fingerprint density at radius 1 is 1.23 bits per heavy atom. The predicted molar refractivity (Wildman–Crippen MR) is 113 cm³/mol. The first kappa shape index (κ1) is 19.7. The van der Waals surface area contributed by atoms with Gasteiger partial charge < -0.3 is 20.4 Å². The second-order valence-corrected chi connectivity index (χ2v) is 7.46.